The minimum Gasteiger partial charge on any atom is -0.490 e. The zero-order chi connectivity index (χ0) is 27.9. The number of nitrogens with one attached hydrogen (secondary N) is 2. The highest BCUT2D eigenvalue weighted by Gasteiger charge is 2.30. The van der Waals surface area contributed by atoms with E-state index in [0.29, 0.717) is 12.6 Å². The number of anilines is 1. The van der Waals surface area contributed by atoms with Gasteiger partial charge in [0.1, 0.15) is 5.75 Å². The van der Waals surface area contributed by atoms with Gasteiger partial charge in [0.15, 0.2) is 0 Å². The number of carbonyl (C=O) groups excluding carboxylic acids is 2. The molecular weight excluding hydrogens is 488 g/mol. The molecule has 0 radical (unpaired) electrons. The molecule has 1 heterocycles. The van der Waals surface area contributed by atoms with Crippen molar-refractivity contribution >= 4 is 17.5 Å². The lowest BCUT2D eigenvalue weighted by Gasteiger charge is -2.32. The molecule has 7 heteroatoms. The Labute approximate surface area is 234 Å². The quantitative estimate of drug-likeness (QED) is 0.490. The molecule has 0 aromatic heterocycles. The topological polar surface area (TPSA) is 73.9 Å². The van der Waals surface area contributed by atoms with Crippen LogP contribution in [0.3, 0.4) is 0 Å². The number of aryl methyl sites for hydroxylation is 1. The van der Waals surface area contributed by atoms with Gasteiger partial charge in [-0.3, -0.25) is 14.5 Å². The molecular formula is C32H46N4O3. The highest BCUT2D eigenvalue weighted by molar-refractivity contribution is 5.94. The molecule has 2 fully saturated rings. The lowest BCUT2D eigenvalue weighted by Crippen LogP contribution is -2.48. The van der Waals surface area contributed by atoms with E-state index in [9.17, 15) is 9.59 Å². The van der Waals surface area contributed by atoms with Crippen LogP contribution in [-0.2, 0) is 22.7 Å². The lowest BCUT2D eigenvalue weighted by atomic mass is 9.86. The van der Waals surface area contributed by atoms with E-state index in [1.54, 1.807) is 0 Å². The molecule has 1 aliphatic heterocycles. The van der Waals surface area contributed by atoms with Crippen molar-refractivity contribution in [3.05, 3.63) is 59.2 Å². The van der Waals surface area contributed by atoms with Crippen LogP contribution in [0.5, 0.6) is 5.75 Å². The molecule has 1 saturated heterocycles. The molecule has 0 spiro atoms. The number of carbonyl (C=O) groups is 2. The van der Waals surface area contributed by atoms with Gasteiger partial charge in [-0.25, -0.2) is 0 Å². The van der Waals surface area contributed by atoms with Crippen LogP contribution in [0.25, 0.3) is 0 Å². The maximum absolute atomic E-state index is 13.4. The highest BCUT2D eigenvalue weighted by Crippen LogP contribution is 2.31. The second-order valence-electron chi connectivity index (χ2n) is 11.7. The van der Waals surface area contributed by atoms with E-state index >= 15 is 0 Å². The van der Waals surface area contributed by atoms with Crippen molar-refractivity contribution in [2.45, 2.75) is 78.6 Å². The van der Waals surface area contributed by atoms with Crippen LogP contribution in [0.2, 0.25) is 0 Å². The van der Waals surface area contributed by atoms with Crippen LogP contribution >= 0.6 is 0 Å². The van der Waals surface area contributed by atoms with Crippen LogP contribution in [0.1, 0.15) is 63.1 Å². The summed E-state index contributed by atoms with van der Waals surface area (Å²) >= 11 is 0. The average molecular weight is 535 g/mol. The first kappa shape index (κ1) is 29.1. The maximum Gasteiger partial charge on any atom is 0.229 e. The van der Waals surface area contributed by atoms with Crippen molar-refractivity contribution in [2.24, 2.45) is 11.8 Å². The summed E-state index contributed by atoms with van der Waals surface area (Å²) in [5.74, 6) is 1.06. The van der Waals surface area contributed by atoms with Gasteiger partial charge in [-0.15, -0.1) is 0 Å². The van der Waals surface area contributed by atoms with Gasteiger partial charge in [0, 0.05) is 63.3 Å². The number of ether oxygens (including phenoxy) is 1. The Hall–Kier alpha value is -2.90. The van der Waals surface area contributed by atoms with E-state index in [-0.39, 0.29) is 29.8 Å². The molecule has 2 amide bonds. The molecule has 1 aliphatic carbocycles. The van der Waals surface area contributed by atoms with E-state index in [1.807, 2.05) is 50.1 Å². The zero-order valence-corrected chi connectivity index (χ0v) is 24.3. The third-order valence-electron chi connectivity index (χ3n) is 8.11. The van der Waals surface area contributed by atoms with Crippen LogP contribution in [0.15, 0.2) is 42.5 Å². The first-order chi connectivity index (χ1) is 18.7. The fourth-order valence-electron chi connectivity index (χ4n) is 5.61. The SMILES string of the molecule is Cc1cc(N(C)C(=O)[C@H]2CC[C@H](Oc3cccc(CNC(=O)C(C)C)c3)CC2)ccc1CN1CCN[C@@H](C)C1. The smallest absolute Gasteiger partial charge is 0.229 e. The fraction of sp³-hybridized carbons (Fsp3) is 0.562. The highest BCUT2D eigenvalue weighted by atomic mass is 16.5. The molecule has 2 N–H and O–H groups in total. The van der Waals surface area contributed by atoms with Gasteiger partial charge >= 0.3 is 0 Å². The summed E-state index contributed by atoms with van der Waals surface area (Å²) in [6.45, 7) is 12.8. The van der Waals surface area contributed by atoms with Crippen molar-refractivity contribution in [1.82, 2.24) is 15.5 Å². The summed E-state index contributed by atoms with van der Waals surface area (Å²) in [5.41, 5.74) is 4.56. The van der Waals surface area contributed by atoms with Crippen LogP contribution in [0.4, 0.5) is 5.69 Å². The Morgan fingerprint density at radius 3 is 2.59 bits per heavy atom. The van der Waals surface area contributed by atoms with Gasteiger partial charge in [0.05, 0.1) is 6.10 Å². The molecule has 1 saturated carbocycles. The predicted molar refractivity (Wildman–Crippen MR) is 157 cm³/mol. The molecule has 0 bridgehead atoms. The first-order valence-corrected chi connectivity index (χ1v) is 14.6. The summed E-state index contributed by atoms with van der Waals surface area (Å²) in [4.78, 5) is 29.6. The van der Waals surface area contributed by atoms with Crippen molar-refractivity contribution in [1.29, 1.82) is 0 Å². The number of rotatable bonds is 9. The summed E-state index contributed by atoms with van der Waals surface area (Å²) < 4.78 is 6.28. The summed E-state index contributed by atoms with van der Waals surface area (Å²) in [7, 11) is 1.90. The summed E-state index contributed by atoms with van der Waals surface area (Å²) in [5, 5.41) is 6.46. The Morgan fingerprint density at radius 1 is 1.13 bits per heavy atom. The van der Waals surface area contributed by atoms with Gasteiger partial charge in [-0.1, -0.05) is 32.0 Å². The Balaban J connectivity index is 1.26. The fourth-order valence-corrected chi connectivity index (χ4v) is 5.61. The minimum absolute atomic E-state index is 0.0229. The molecule has 4 rings (SSSR count). The van der Waals surface area contributed by atoms with Gasteiger partial charge in [-0.05, 0) is 80.5 Å². The van der Waals surface area contributed by atoms with Gasteiger partial charge < -0.3 is 20.3 Å². The van der Waals surface area contributed by atoms with Gasteiger partial charge in [0.2, 0.25) is 11.8 Å². The molecule has 2 aromatic rings. The van der Waals surface area contributed by atoms with E-state index in [2.05, 4.69) is 47.6 Å². The van der Waals surface area contributed by atoms with Crippen LogP contribution < -0.4 is 20.3 Å². The van der Waals surface area contributed by atoms with Gasteiger partial charge in [-0.2, -0.15) is 0 Å². The molecule has 7 nitrogen and oxygen atoms in total. The predicted octanol–water partition coefficient (Wildman–Crippen LogP) is 4.66. The van der Waals surface area contributed by atoms with Crippen molar-refractivity contribution < 1.29 is 14.3 Å². The van der Waals surface area contributed by atoms with Crippen LogP contribution in [-0.4, -0.2) is 55.5 Å². The molecule has 0 unspecified atom stereocenters. The largest absolute Gasteiger partial charge is 0.490 e. The summed E-state index contributed by atoms with van der Waals surface area (Å²) in [6, 6.07) is 14.9. The molecule has 2 aromatic carbocycles. The van der Waals surface area contributed by atoms with Gasteiger partial charge in [0.25, 0.3) is 0 Å². The zero-order valence-electron chi connectivity index (χ0n) is 24.3. The number of hydrogen-bond acceptors (Lipinski definition) is 5. The first-order valence-electron chi connectivity index (χ1n) is 14.6. The number of amides is 2. The number of nitrogens with zero attached hydrogens (tertiary/aromatic N) is 2. The third-order valence-corrected chi connectivity index (χ3v) is 8.11. The second kappa shape index (κ2) is 13.4. The number of piperazine rings is 1. The monoisotopic (exact) mass is 534 g/mol. The van der Waals surface area contributed by atoms with E-state index in [4.69, 9.17) is 4.74 Å². The Morgan fingerprint density at radius 2 is 1.90 bits per heavy atom. The Bertz CT molecular complexity index is 1130. The maximum atomic E-state index is 13.4. The average Bonchev–Trinajstić information content (AvgIpc) is 2.92. The van der Waals surface area contributed by atoms with E-state index in [1.165, 1.54) is 11.1 Å². The summed E-state index contributed by atoms with van der Waals surface area (Å²) in [6.07, 6.45) is 3.49. The third kappa shape index (κ3) is 8.05. The van der Waals surface area contributed by atoms with E-state index < -0.39 is 0 Å². The lowest BCUT2D eigenvalue weighted by molar-refractivity contribution is -0.124. The van der Waals surface area contributed by atoms with Crippen molar-refractivity contribution in [3.63, 3.8) is 0 Å². The molecule has 39 heavy (non-hydrogen) atoms. The Kier molecular flexibility index (Phi) is 10.0. The van der Waals surface area contributed by atoms with Crippen molar-refractivity contribution in [2.75, 3.05) is 31.6 Å². The van der Waals surface area contributed by atoms with Crippen molar-refractivity contribution in [3.8, 4) is 5.75 Å². The number of hydrogen-bond donors (Lipinski definition) is 2. The van der Waals surface area contributed by atoms with Crippen LogP contribution in [0, 0.1) is 18.8 Å². The molecule has 2 aliphatic rings. The second-order valence-corrected chi connectivity index (χ2v) is 11.7. The van der Waals surface area contributed by atoms with E-state index in [0.717, 1.165) is 68.9 Å². The molecule has 1 atom stereocenters. The molecule has 212 valence electrons. The number of benzene rings is 2. The minimum atomic E-state index is -0.0313. The normalized spacial score (nSPS) is 21.9. The standard InChI is InChI=1S/C32H46N4O3/c1-22(2)31(37)34-19-25-7-6-8-30(18-25)39-29-13-10-26(11-14-29)32(38)35(5)28-12-9-27(23(3)17-28)21-36-16-15-33-24(4)20-36/h6-9,12,17-18,22,24,26,29,33H,10-11,13-16,19-21H2,1-5H3,(H,34,37)/t24-,26-,29-/m0/s1.